The van der Waals surface area contributed by atoms with Gasteiger partial charge in [-0.2, -0.15) is 0 Å². The third-order valence-corrected chi connectivity index (χ3v) is 3.86. The molecule has 0 amide bonds. The van der Waals surface area contributed by atoms with Gasteiger partial charge in [0.25, 0.3) is 0 Å². The fourth-order valence-electron chi connectivity index (χ4n) is 3.49. The highest BCUT2D eigenvalue weighted by Gasteiger charge is 2.45. The first-order chi connectivity index (χ1) is 6.81. The van der Waals surface area contributed by atoms with Crippen LogP contribution in [0.25, 0.3) is 0 Å². The second-order valence-electron chi connectivity index (χ2n) is 6.16. The fraction of sp³-hybridized carbons (Fsp3) is 0.857. The molecule has 1 aliphatic rings. The molecule has 88 valence electrons. The lowest BCUT2D eigenvalue weighted by atomic mass is 9.56. The summed E-state index contributed by atoms with van der Waals surface area (Å²) in [5.41, 5.74) is 0.655. The van der Waals surface area contributed by atoms with Crippen molar-refractivity contribution in [1.29, 1.82) is 0 Å². The van der Waals surface area contributed by atoms with Gasteiger partial charge in [0.2, 0.25) is 0 Å². The van der Waals surface area contributed by atoms with Crippen LogP contribution < -0.4 is 0 Å². The lowest BCUT2D eigenvalue weighted by molar-refractivity contribution is -0.00123. The smallest absolute Gasteiger partial charge is 0.0929 e. The van der Waals surface area contributed by atoms with Crippen molar-refractivity contribution in [2.75, 3.05) is 6.61 Å². The molecule has 0 N–H and O–H groups in total. The molecular weight excluding hydrogens is 184 g/mol. The molecule has 1 fully saturated rings. The summed E-state index contributed by atoms with van der Waals surface area (Å²) in [4.78, 5) is 0. The van der Waals surface area contributed by atoms with E-state index in [0.717, 1.165) is 12.4 Å². The number of ether oxygens (including phenoxy) is 1. The van der Waals surface area contributed by atoms with E-state index in [1.54, 1.807) is 0 Å². The van der Waals surface area contributed by atoms with Crippen LogP contribution >= 0.6 is 0 Å². The van der Waals surface area contributed by atoms with Crippen LogP contribution in [0.1, 0.15) is 53.9 Å². The lowest BCUT2D eigenvalue weighted by Gasteiger charge is -2.49. The average Bonchev–Trinajstić information content (AvgIpc) is 2.00. The summed E-state index contributed by atoms with van der Waals surface area (Å²) in [7, 11) is 0. The average molecular weight is 210 g/mol. The quantitative estimate of drug-likeness (QED) is 0.628. The van der Waals surface area contributed by atoms with Crippen LogP contribution in [0, 0.1) is 16.7 Å². The molecule has 1 heteroatoms. The zero-order chi connectivity index (χ0) is 11.7. The first kappa shape index (κ1) is 12.6. The Morgan fingerprint density at radius 3 is 2.07 bits per heavy atom. The molecule has 1 rings (SSSR count). The van der Waals surface area contributed by atoms with E-state index < -0.39 is 0 Å². The second-order valence-corrected chi connectivity index (χ2v) is 6.16. The van der Waals surface area contributed by atoms with E-state index in [4.69, 9.17) is 4.74 Å². The minimum Gasteiger partial charge on any atom is -0.499 e. The Kier molecular flexibility index (Phi) is 3.52. The molecule has 0 radical (unpaired) electrons. The first-order valence-corrected chi connectivity index (χ1v) is 6.13. The highest BCUT2D eigenvalue weighted by atomic mass is 16.5. The molecule has 0 aromatic heterocycles. The van der Waals surface area contributed by atoms with Gasteiger partial charge in [0.05, 0.1) is 12.4 Å². The molecule has 0 heterocycles. The maximum atomic E-state index is 5.66. The van der Waals surface area contributed by atoms with Gasteiger partial charge in [0.1, 0.15) is 0 Å². The first-order valence-electron chi connectivity index (χ1n) is 6.13. The van der Waals surface area contributed by atoms with E-state index in [0.29, 0.717) is 16.7 Å². The number of hydrogen-bond acceptors (Lipinski definition) is 1. The molecule has 1 nitrogen and oxygen atoms in total. The lowest BCUT2D eigenvalue weighted by Crippen LogP contribution is -2.41. The normalized spacial score (nSPS) is 24.9. The van der Waals surface area contributed by atoms with Crippen molar-refractivity contribution in [3.05, 3.63) is 12.3 Å². The summed E-state index contributed by atoms with van der Waals surface area (Å²) in [6, 6.07) is 0. The van der Waals surface area contributed by atoms with Crippen molar-refractivity contribution < 1.29 is 4.74 Å². The van der Waals surface area contributed by atoms with Gasteiger partial charge in [-0.05, 0) is 30.6 Å². The Morgan fingerprint density at radius 1 is 1.20 bits per heavy atom. The summed E-state index contributed by atoms with van der Waals surface area (Å²) in [5, 5.41) is 0. The summed E-state index contributed by atoms with van der Waals surface area (Å²) in [5.74, 6) is 1.48. The molecule has 0 bridgehead atoms. The zero-order valence-electron chi connectivity index (χ0n) is 11.0. The molecule has 15 heavy (non-hydrogen) atoms. The summed E-state index contributed by atoms with van der Waals surface area (Å²) < 4.78 is 5.66. The Hall–Kier alpha value is -0.460. The van der Waals surface area contributed by atoms with Gasteiger partial charge in [-0.3, -0.25) is 0 Å². The van der Waals surface area contributed by atoms with Crippen LogP contribution in [-0.2, 0) is 4.74 Å². The standard InChI is InChI=1S/C14H26O/c1-7-15-11(2)12-13(3,4)9-8-10-14(12,5)6/h12H,2,7-10H2,1,3-6H3. The maximum Gasteiger partial charge on any atom is 0.0929 e. The molecule has 0 aromatic carbocycles. The van der Waals surface area contributed by atoms with E-state index in [9.17, 15) is 0 Å². The molecule has 1 saturated carbocycles. The third kappa shape index (κ3) is 2.56. The number of rotatable bonds is 3. The van der Waals surface area contributed by atoms with Crippen molar-refractivity contribution in [2.45, 2.75) is 53.9 Å². The van der Waals surface area contributed by atoms with Crippen molar-refractivity contribution >= 4 is 0 Å². The summed E-state index contributed by atoms with van der Waals surface area (Å²) in [6.07, 6.45) is 3.90. The minimum atomic E-state index is 0.327. The molecule has 0 saturated heterocycles. The Morgan fingerprint density at radius 2 is 1.67 bits per heavy atom. The second kappa shape index (κ2) is 4.19. The molecule has 0 unspecified atom stereocenters. The molecule has 0 aromatic rings. The van der Waals surface area contributed by atoms with E-state index in [-0.39, 0.29) is 0 Å². The SMILES string of the molecule is C=C(OCC)C1C(C)(C)CCCC1(C)C. The number of hydrogen-bond donors (Lipinski definition) is 0. The highest BCUT2D eigenvalue weighted by molar-refractivity contribution is 5.07. The van der Waals surface area contributed by atoms with Crippen LogP contribution in [0.2, 0.25) is 0 Å². The topological polar surface area (TPSA) is 9.23 Å². The van der Waals surface area contributed by atoms with Gasteiger partial charge < -0.3 is 4.74 Å². The highest BCUT2D eigenvalue weighted by Crippen LogP contribution is 2.53. The van der Waals surface area contributed by atoms with Crippen molar-refractivity contribution in [2.24, 2.45) is 16.7 Å². The van der Waals surface area contributed by atoms with Gasteiger partial charge in [0.15, 0.2) is 0 Å². The van der Waals surface area contributed by atoms with Gasteiger partial charge in [-0.25, -0.2) is 0 Å². The van der Waals surface area contributed by atoms with Gasteiger partial charge in [-0.15, -0.1) is 0 Å². The molecule has 0 spiro atoms. The molecule has 0 aliphatic heterocycles. The Labute approximate surface area is 94.9 Å². The van der Waals surface area contributed by atoms with Crippen LogP contribution in [0.15, 0.2) is 12.3 Å². The van der Waals surface area contributed by atoms with E-state index in [1.165, 1.54) is 19.3 Å². The van der Waals surface area contributed by atoms with Gasteiger partial charge in [0, 0.05) is 5.92 Å². The maximum absolute atomic E-state index is 5.66. The van der Waals surface area contributed by atoms with Crippen molar-refractivity contribution in [3.63, 3.8) is 0 Å². The van der Waals surface area contributed by atoms with Gasteiger partial charge in [-0.1, -0.05) is 40.7 Å². The summed E-state index contributed by atoms with van der Waals surface area (Å²) >= 11 is 0. The van der Waals surface area contributed by atoms with Gasteiger partial charge >= 0.3 is 0 Å². The van der Waals surface area contributed by atoms with Crippen LogP contribution in [0.3, 0.4) is 0 Å². The molecule has 1 aliphatic carbocycles. The van der Waals surface area contributed by atoms with E-state index >= 15 is 0 Å². The van der Waals surface area contributed by atoms with Crippen molar-refractivity contribution in [1.82, 2.24) is 0 Å². The monoisotopic (exact) mass is 210 g/mol. The largest absolute Gasteiger partial charge is 0.499 e. The Balaban J connectivity index is 2.91. The molecular formula is C14H26O. The predicted octanol–water partition coefficient (Wildman–Crippen LogP) is 4.39. The predicted molar refractivity (Wildman–Crippen MR) is 65.7 cm³/mol. The van der Waals surface area contributed by atoms with Crippen LogP contribution in [0.4, 0.5) is 0 Å². The van der Waals surface area contributed by atoms with E-state index in [1.807, 2.05) is 6.92 Å². The molecule has 0 atom stereocenters. The van der Waals surface area contributed by atoms with Crippen LogP contribution in [-0.4, -0.2) is 6.61 Å². The Bertz CT molecular complexity index is 222. The fourth-order valence-corrected chi connectivity index (χ4v) is 3.49. The number of allylic oxidation sites excluding steroid dienone is 1. The minimum absolute atomic E-state index is 0.327. The summed E-state index contributed by atoms with van der Waals surface area (Å²) in [6.45, 7) is 16.3. The van der Waals surface area contributed by atoms with Crippen LogP contribution in [0.5, 0.6) is 0 Å². The van der Waals surface area contributed by atoms with E-state index in [2.05, 4.69) is 34.3 Å². The third-order valence-electron chi connectivity index (χ3n) is 3.86. The van der Waals surface area contributed by atoms with Crippen molar-refractivity contribution in [3.8, 4) is 0 Å². The zero-order valence-corrected chi connectivity index (χ0v) is 11.0.